The molecule has 1 N–H and O–H groups in total. The van der Waals surface area contributed by atoms with E-state index in [1.165, 1.54) is 5.56 Å². The zero-order valence-corrected chi connectivity index (χ0v) is 11.6. The fourth-order valence-corrected chi connectivity index (χ4v) is 2.49. The molecule has 0 fully saturated rings. The van der Waals surface area contributed by atoms with E-state index in [0.717, 1.165) is 28.7 Å². The monoisotopic (exact) mass is 262 g/mol. The summed E-state index contributed by atoms with van der Waals surface area (Å²) in [6, 6.07) is 8.17. The van der Waals surface area contributed by atoms with Gasteiger partial charge in [-0.2, -0.15) is 0 Å². The fraction of sp³-hybridized carbons (Fsp3) is 0.357. The van der Waals surface area contributed by atoms with Crippen LogP contribution in [0.15, 0.2) is 30.5 Å². The highest BCUT2D eigenvalue weighted by atomic mass is 32.1. The lowest BCUT2D eigenvalue weighted by molar-refractivity contribution is 0.306. The maximum Gasteiger partial charge on any atom is 0.182 e. The second-order valence-corrected chi connectivity index (χ2v) is 5.03. The van der Waals surface area contributed by atoms with Gasteiger partial charge in [-0.1, -0.05) is 36.5 Å². The average molecular weight is 262 g/mol. The Bertz CT molecular complexity index is 496. The Morgan fingerprint density at radius 3 is 2.89 bits per heavy atom. The first-order chi connectivity index (χ1) is 8.83. The van der Waals surface area contributed by atoms with Crippen molar-refractivity contribution in [1.29, 1.82) is 0 Å². The van der Waals surface area contributed by atoms with Crippen molar-refractivity contribution in [2.45, 2.75) is 26.9 Å². The first-order valence-electron chi connectivity index (χ1n) is 6.22. The number of hydrogen-bond donors (Lipinski definition) is 1. The SMILES string of the molecule is CCNc1ncc(COc2ccccc2CC)s1. The number of rotatable bonds is 6. The van der Waals surface area contributed by atoms with Crippen molar-refractivity contribution in [3.8, 4) is 5.75 Å². The average Bonchev–Trinajstić information content (AvgIpc) is 2.85. The molecule has 2 aromatic rings. The molecule has 96 valence electrons. The highest BCUT2D eigenvalue weighted by Crippen LogP contribution is 2.23. The zero-order valence-electron chi connectivity index (χ0n) is 10.8. The van der Waals surface area contributed by atoms with Gasteiger partial charge in [0.1, 0.15) is 12.4 Å². The van der Waals surface area contributed by atoms with Crippen molar-refractivity contribution in [2.24, 2.45) is 0 Å². The van der Waals surface area contributed by atoms with Crippen molar-refractivity contribution >= 4 is 16.5 Å². The van der Waals surface area contributed by atoms with Crippen molar-refractivity contribution < 1.29 is 4.74 Å². The summed E-state index contributed by atoms with van der Waals surface area (Å²) in [5.74, 6) is 0.971. The lowest BCUT2D eigenvalue weighted by Gasteiger charge is -2.08. The summed E-state index contributed by atoms with van der Waals surface area (Å²) in [7, 11) is 0. The van der Waals surface area contributed by atoms with Crippen LogP contribution in [0.3, 0.4) is 0 Å². The molecule has 0 aliphatic rings. The summed E-state index contributed by atoms with van der Waals surface area (Å²) in [4.78, 5) is 5.42. The third-order valence-corrected chi connectivity index (χ3v) is 3.53. The van der Waals surface area contributed by atoms with Crippen molar-refractivity contribution in [2.75, 3.05) is 11.9 Å². The smallest absolute Gasteiger partial charge is 0.182 e. The topological polar surface area (TPSA) is 34.2 Å². The highest BCUT2D eigenvalue weighted by molar-refractivity contribution is 7.15. The van der Waals surface area contributed by atoms with Crippen LogP contribution >= 0.6 is 11.3 Å². The molecule has 1 heterocycles. The molecule has 0 bridgehead atoms. The molecule has 0 aliphatic heterocycles. The molecule has 0 spiro atoms. The molecular weight excluding hydrogens is 244 g/mol. The Morgan fingerprint density at radius 1 is 1.28 bits per heavy atom. The number of thiazole rings is 1. The summed E-state index contributed by atoms with van der Waals surface area (Å²) in [5, 5.41) is 4.16. The quantitative estimate of drug-likeness (QED) is 0.861. The summed E-state index contributed by atoms with van der Waals surface area (Å²) in [6.45, 7) is 5.68. The van der Waals surface area contributed by atoms with E-state index in [1.807, 2.05) is 24.4 Å². The van der Waals surface area contributed by atoms with E-state index < -0.39 is 0 Å². The molecule has 0 unspecified atom stereocenters. The molecule has 4 heteroatoms. The second kappa shape index (κ2) is 6.40. The molecule has 2 rings (SSSR count). The lowest BCUT2D eigenvalue weighted by Crippen LogP contribution is -1.96. The number of nitrogens with one attached hydrogen (secondary N) is 1. The van der Waals surface area contributed by atoms with Gasteiger partial charge < -0.3 is 10.1 Å². The predicted octanol–water partition coefficient (Wildman–Crippen LogP) is 3.72. The molecule has 3 nitrogen and oxygen atoms in total. The third-order valence-electron chi connectivity index (χ3n) is 2.61. The molecule has 0 amide bonds. The van der Waals surface area contributed by atoms with Gasteiger partial charge in [-0.15, -0.1) is 0 Å². The van der Waals surface area contributed by atoms with Gasteiger partial charge in [0, 0.05) is 12.7 Å². The Kier molecular flexibility index (Phi) is 4.59. The van der Waals surface area contributed by atoms with Gasteiger partial charge in [0.05, 0.1) is 4.88 Å². The van der Waals surface area contributed by atoms with E-state index in [9.17, 15) is 0 Å². The van der Waals surface area contributed by atoms with Gasteiger partial charge in [-0.3, -0.25) is 0 Å². The molecule has 0 saturated carbocycles. The van der Waals surface area contributed by atoms with Crippen LogP contribution in [-0.4, -0.2) is 11.5 Å². The van der Waals surface area contributed by atoms with Gasteiger partial charge in [-0.05, 0) is 25.0 Å². The third kappa shape index (κ3) is 3.23. The minimum absolute atomic E-state index is 0.583. The normalized spacial score (nSPS) is 10.3. The molecular formula is C14H18N2OS. The lowest BCUT2D eigenvalue weighted by atomic mass is 10.1. The highest BCUT2D eigenvalue weighted by Gasteiger charge is 2.04. The Hall–Kier alpha value is -1.55. The van der Waals surface area contributed by atoms with Crippen LogP contribution in [-0.2, 0) is 13.0 Å². The largest absolute Gasteiger partial charge is 0.488 e. The van der Waals surface area contributed by atoms with E-state index >= 15 is 0 Å². The summed E-state index contributed by atoms with van der Waals surface area (Å²) in [6.07, 6.45) is 2.86. The van der Waals surface area contributed by atoms with Crippen molar-refractivity contribution in [3.05, 3.63) is 40.9 Å². The maximum absolute atomic E-state index is 5.85. The summed E-state index contributed by atoms with van der Waals surface area (Å²) in [5.41, 5.74) is 1.24. The van der Waals surface area contributed by atoms with Crippen molar-refractivity contribution in [3.63, 3.8) is 0 Å². The van der Waals surface area contributed by atoms with E-state index in [0.29, 0.717) is 6.61 Å². The number of benzene rings is 1. The minimum Gasteiger partial charge on any atom is -0.488 e. The van der Waals surface area contributed by atoms with Crippen LogP contribution < -0.4 is 10.1 Å². The maximum atomic E-state index is 5.85. The van der Waals surface area contributed by atoms with Crippen LogP contribution in [0, 0.1) is 0 Å². The van der Waals surface area contributed by atoms with E-state index in [-0.39, 0.29) is 0 Å². The molecule has 1 aromatic heterocycles. The molecule has 0 saturated heterocycles. The van der Waals surface area contributed by atoms with Gasteiger partial charge in [-0.25, -0.2) is 4.98 Å². The Balaban J connectivity index is 1.97. The molecule has 0 atom stereocenters. The molecule has 0 aliphatic carbocycles. The number of ether oxygens (including phenoxy) is 1. The number of aromatic nitrogens is 1. The standard InChI is InChI=1S/C14H18N2OS/c1-3-11-7-5-6-8-13(11)17-10-12-9-16-14(18-12)15-4-2/h5-9H,3-4,10H2,1-2H3,(H,15,16). The minimum atomic E-state index is 0.583. The summed E-state index contributed by atoms with van der Waals surface area (Å²) >= 11 is 1.64. The van der Waals surface area contributed by atoms with Gasteiger partial charge in [0.15, 0.2) is 5.13 Å². The first kappa shape index (κ1) is 12.9. The van der Waals surface area contributed by atoms with Gasteiger partial charge in [0.25, 0.3) is 0 Å². The number of hydrogen-bond acceptors (Lipinski definition) is 4. The van der Waals surface area contributed by atoms with Crippen LogP contribution in [0.1, 0.15) is 24.3 Å². The van der Waals surface area contributed by atoms with Gasteiger partial charge in [0.2, 0.25) is 0 Å². The first-order valence-corrected chi connectivity index (χ1v) is 7.04. The van der Waals surface area contributed by atoms with E-state index in [2.05, 4.69) is 30.2 Å². The molecule has 0 radical (unpaired) electrons. The number of para-hydroxylation sites is 1. The van der Waals surface area contributed by atoms with Crippen LogP contribution in [0.25, 0.3) is 0 Å². The van der Waals surface area contributed by atoms with E-state index in [1.54, 1.807) is 11.3 Å². The molecule has 18 heavy (non-hydrogen) atoms. The number of anilines is 1. The Morgan fingerprint density at radius 2 is 2.11 bits per heavy atom. The summed E-state index contributed by atoms with van der Waals surface area (Å²) < 4.78 is 5.85. The zero-order chi connectivity index (χ0) is 12.8. The van der Waals surface area contributed by atoms with Crippen LogP contribution in [0.4, 0.5) is 5.13 Å². The van der Waals surface area contributed by atoms with Crippen LogP contribution in [0.5, 0.6) is 5.75 Å². The molecule has 1 aromatic carbocycles. The Labute approximate surface area is 112 Å². The van der Waals surface area contributed by atoms with Crippen molar-refractivity contribution in [1.82, 2.24) is 4.98 Å². The fourth-order valence-electron chi connectivity index (χ4n) is 1.69. The van der Waals surface area contributed by atoms with Crippen LogP contribution in [0.2, 0.25) is 0 Å². The number of aryl methyl sites for hydroxylation is 1. The predicted molar refractivity (Wildman–Crippen MR) is 76.4 cm³/mol. The number of nitrogens with zero attached hydrogens (tertiary/aromatic N) is 1. The second-order valence-electron chi connectivity index (χ2n) is 3.91. The van der Waals surface area contributed by atoms with Gasteiger partial charge >= 0.3 is 0 Å². The van der Waals surface area contributed by atoms with E-state index in [4.69, 9.17) is 4.74 Å².